The monoisotopic (exact) mass is 384 g/mol. The van der Waals surface area contributed by atoms with E-state index in [0.29, 0.717) is 13.1 Å². The van der Waals surface area contributed by atoms with Crippen molar-refractivity contribution in [1.82, 2.24) is 10.7 Å². The second-order valence-corrected chi connectivity index (χ2v) is 7.98. The summed E-state index contributed by atoms with van der Waals surface area (Å²) >= 11 is 0. The Kier molecular flexibility index (Phi) is 5.26. The van der Waals surface area contributed by atoms with Crippen LogP contribution in [0.4, 0.5) is 10.5 Å². The van der Waals surface area contributed by atoms with E-state index in [1.54, 1.807) is 4.90 Å². The van der Waals surface area contributed by atoms with Gasteiger partial charge in [0.05, 0.1) is 18.8 Å². The number of benzene rings is 1. The first kappa shape index (κ1) is 18.8. The molecule has 1 aromatic carbocycles. The van der Waals surface area contributed by atoms with Crippen LogP contribution in [0.2, 0.25) is 0 Å². The number of nitrogens with one attached hydrogen (secondary N) is 2. The number of cyclic esters (lactones) is 1. The Morgan fingerprint density at radius 3 is 2.82 bits per heavy atom. The zero-order valence-electron chi connectivity index (χ0n) is 16.3. The molecule has 1 aromatic rings. The summed E-state index contributed by atoms with van der Waals surface area (Å²) < 4.78 is 5.46. The maximum atomic E-state index is 12.4. The normalized spacial score (nSPS) is 24.9. The van der Waals surface area contributed by atoms with E-state index in [2.05, 4.69) is 23.7 Å². The number of allylic oxidation sites excluding steroid dienone is 1. The zero-order valence-corrected chi connectivity index (χ0v) is 16.3. The molecule has 0 bridgehead atoms. The minimum Gasteiger partial charge on any atom is -0.442 e. The predicted molar refractivity (Wildman–Crippen MR) is 107 cm³/mol. The van der Waals surface area contributed by atoms with Gasteiger partial charge in [0.15, 0.2) is 0 Å². The maximum absolute atomic E-state index is 12.4. The van der Waals surface area contributed by atoms with E-state index in [1.165, 1.54) is 11.1 Å². The average molecular weight is 384 g/mol. The second kappa shape index (κ2) is 7.83. The van der Waals surface area contributed by atoms with Crippen LogP contribution in [-0.4, -0.2) is 31.2 Å². The quantitative estimate of drug-likeness (QED) is 0.535. The molecule has 7 nitrogen and oxygen atoms in total. The number of rotatable bonds is 5. The molecular formula is C21H28N4O3. The van der Waals surface area contributed by atoms with Crippen LogP contribution in [0, 0.1) is 5.92 Å². The van der Waals surface area contributed by atoms with E-state index in [-0.39, 0.29) is 24.0 Å². The fraction of sp³-hybridized carbons (Fsp3) is 0.524. The predicted octanol–water partition coefficient (Wildman–Crippen LogP) is 2.46. The lowest BCUT2D eigenvalue weighted by Gasteiger charge is -2.21. The first-order valence-corrected chi connectivity index (χ1v) is 10.1. The minimum absolute atomic E-state index is 0.0690. The van der Waals surface area contributed by atoms with Crippen molar-refractivity contribution >= 4 is 23.4 Å². The van der Waals surface area contributed by atoms with Crippen LogP contribution in [0.5, 0.6) is 0 Å². The van der Waals surface area contributed by atoms with Crippen LogP contribution >= 0.6 is 0 Å². The minimum atomic E-state index is -0.361. The SMILES string of the molecule is C/C1=C(\NN)c2ccc(N3CC(CNC(=O)C4CC4)OC3=O)cc2CCCC1. The number of hydrogen-bond donors (Lipinski definition) is 3. The summed E-state index contributed by atoms with van der Waals surface area (Å²) in [5.41, 5.74) is 8.20. The Labute approximate surface area is 165 Å². The summed E-state index contributed by atoms with van der Waals surface area (Å²) in [6, 6.07) is 6.04. The highest BCUT2D eigenvalue weighted by Gasteiger charge is 2.35. The second-order valence-electron chi connectivity index (χ2n) is 7.98. The maximum Gasteiger partial charge on any atom is 0.414 e. The van der Waals surface area contributed by atoms with Crippen molar-refractivity contribution in [3.63, 3.8) is 0 Å². The van der Waals surface area contributed by atoms with Crippen molar-refractivity contribution in [2.75, 3.05) is 18.0 Å². The van der Waals surface area contributed by atoms with Gasteiger partial charge < -0.3 is 15.5 Å². The van der Waals surface area contributed by atoms with Gasteiger partial charge in [-0.1, -0.05) is 6.07 Å². The Hall–Kier alpha value is -2.54. The van der Waals surface area contributed by atoms with E-state index < -0.39 is 0 Å². The van der Waals surface area contributed by atoms with E-state index in [0.717, 1.165) is 55.5 Å². The summed E-state index contributed by atoms with van der Waals surface area (Å²) in [4.78, 5) is 25.9. The van der Waals surface area contributed by atoms with E-state index in [1.807, 2.05) is 12.1 Å². The molecule has 4 rings (SSSR count). The Morgan fingerprint density at radius 2 is 2.07 bits per heavy atom. The molecule has 28 heavy (non-hydrogen) atoms. The van der Waals surface area contributed by atoms with Crippen LogP contribution in [0.1, 0.15) is 50.2 Å². The van der Waals surface area contributed by atoms with Gasteiger partial charge in [-0.15, -0.1) is 0 Å². The van der Waals surface area contributed by atoms with Crippen molar-refractivity contribution in [2.45, 2.75) is 51.6 Å². The van der Waals surface area contributed by atoms with Gasteiger partial charge in [-0.2, -0.15) is 0 Å². The number of ether oxygens (including phenoxy) is 1. The summed E-state index contributed by atoms with van der Waals surface area (Å²) in [5.74, 6) is 6.01. The third kappa shape index (κ3) is 3.85. The topological polar surface area (TPSA) is 96.7 Å². The molecule has 1 heterocycles. The van der Waals surface area contributed by atoms with Gasteiger partial charge >= 0.3 is 6.09 Å². The molecule has 3 aliphatic rings. The summed E-state index contributed by atoms with van der Waals surface area (Å²) in [5, 5.41) is 2.89. The fourth-order valence-electron chi connectivity index (χ4n) is 4.00. The fourth-order valence-corrected chi connectivity index (χ4v) is 4.00. The van der Waals surface area contributed by atoms with E-state index in [4.69, 9.17) is 10.6 Å². The molecule has 0 aromatic heterocycles. The summed E-state index contributed by atoms with van der Waals surface area (Å²) in [6.07, 6.45) is 5.46. The highest BCUT2D eigenvalue weighted by atomic mass is 16.6. The highest BCUT2D eigenvalue weighted by Crippen LogP contribution is 2.32. The van der Waals surface area contributed by atoms with Gasteiger partial charge in [-0.05, 0) is 68.7 Å². The largest absolute Gasteiger partial charge is 0.442 e. The molecular weight excluding hydrogens is 356 g/mol. The van der Waals surface area contributed by atoms with Gasteiger partial charge in [-0.25, -0.2) is 4.79 Å². The Morgan fingerprint density at radius 1 is 1.29 bits per heavy atom. The number of nitrogens with zero attached hydrogens (tertiary/aromatic N) is 1. The van der Waals surface area contributed by atoms with Crippen LogP contribution in [0.25, 0.3) is 5.70 Å². The number of aryl methyl sites for hydroxylation is 1. The molecule has 1 atom stereocenters. The first-order chi connectivity index (χ1) is 13.6. The molecule has 1 aliphatic heterocycles. The third-order valence-electron chi connectivity index (χ3n) is 5.82. The standard InChI is InChI=1S/C21H28N4O3/c1-13-4-2-3-5-15-10-16(8-9-18(15)19(13)24-22)25-12-17(28-21(25)27)11-23-20(26)14-6-7-14/h8-10,14,17,24H,2-7,11-12,22H2,1H3,(H,23,26)/b19-13+. The zero-order chi connectivity index (χ0) is 19.7. The van der Waals surface area contributed by atoms with Crippen LogP contribution in [0.3, 0.4) is 0 Å². The van der Waals surface area contributed by atoms with Crippen LogP contribution in [0.15, 0.2) is 23.8 Å². The Balaban J connectivity index is 1.50. The van der Waals surface area contributed by atoms with Crippen molar-refractivity contribution in [3.05, 3.63) is 34.9 Å². The van der Waals surface area contributed by atoms with E-state index >= 15 is 0 Å². The van der Waals surface area contributed by atoms with Crippen LogP contribution < -0.4 is 21.5 Å². The van der Waals surface area contributed by atoms with Gasteiger partial charge in [-0.3, -0.25) is 15.5 Å². The van der Waals surface area contributed by atoms with Gasteiger partial charge in [0, 0.05) is 17.2 Å². The molecule has 2 aliphatic carbocycles. The number of carbonyl (C=O) groups is 2. The number of hydrazine groups is 1. The van der Waals surface area contributed by atoms with Crippen molar-refractivity contribution < 1.29 is 14.3 Å². The number of nitrogens with two attached hydrogens (primary N) is 1. The lowest BCUT2D eigenvalue weighted by atomic mass is 9.91. The highest BCUT2D eigenvalue weighted by molar-refractivity contribution is 5.90. The molecule has 2 amide bonds. The molecule has 0 radical (unpaired) electrons. The number of amides is 2. The molecule has 1 saturated heterocycles. The van der Waals surface area contributed by atoms with Crippen LogP contribution in [-0.2, 0) is 16.0 Å². The average Bonchev–Trinajstić information content (AvgIpc) is 3.46. The molecule has 150 valence electrons. The molecule has 4 N–H and O–H groups in total. The number of hydrogen-bond acceptors (Lipinski definition) is 5. The smallest absolute Gasteiger partial charge is 0.414 e. The number of fused-ring (bicyclic) bond motifs is 1. The number of anilines is 1. The summed E-state index contributed by atoms with van der Waals surface area (Å²) in [6.45, 7) is 2.92. The lowest BCUT2D eigenvalue weighted by Crippen LogP contribution is -2.35. The molecule has 2 fully saturated rings. The molecule has 7 heteroatoms. The third-order valence-corrected chi connectivity index (χ3v) is 5.82. The molecule has 1 unspecified atom stereocenters. The van der Waals surface area contributed by atoms with Gasteiger partial charge in [0.1, 0.15) is 6.10 Å². The summed E-state index contributed by atoms with van der Waals surface area (Å²) in [7, 11) is 0. The van der Waals surface area contributed by atoms with Crippen molar-refractivity contribution in [1.29, 1.82) is 0 Å². The van der Waals surface area contributed by atoms with Gasteiger partial charge in [0.25, 0.3) is 0 Å². The van der Waals surface area contributed by atoms with E-state index in [9.17, 15) is 9.59 Å². The van der Waals surface area contributed by atoms with Gasteiger partial charge in [0.2, 0.25) is 5.91 Å². The van der Waals surface area contributed by atoms with Crippen molar-refractivity contribution in [3.8, 4) is 0 Å². The lowest BCUT2D eigenvalue weighted by molar-refractivity contribution is -0.122. The molecule has 0 spiro atoms. The number of carbonyl (C=O) groups excluding carboxylic acids is 2. The first-order valence-electron chi connectivity index (χ1n) is 10.1. The molecule has 1 saturated carbocycles. The Bertz CT molecular complexity index is 816. The van der Waals surface area contributed by atoms with Crippen molar-refractivity contribution in [2.24, 2.45) is 11.8 Å².